The second kappa shape index (κ2) is 21.9. The second-order valence-electron chi connectivity index (χ2n) is 5.77. The number of hydrogen-bond donors (Lipinski definition) is 2. The van der Waals surface area contributed by atoms with Crippen LogP contribution < -0.4 is 12.3 Å². The Labute approximate surface area is 148 Å². The number of ether oxygens (including phenoxy) is 2. The van der Waals surface area contributed by atoms with Crippen molar-refractivity contribution in [1.82, 2.24) is 12.3 Å². The molecule has 0 bridgehead atoms. The Bertz CT molecular complexity index is 258. The maximum Gasteiger partial charge on any atom is 0.305 e. The Balaban J connectivity index is -0.00000220. The largest absolute Gasteiger partial charge is 0.466 e. The molecule has 0 atom stereocenters. The zero-order valence-electron chi connectivity index (χ0n) is 16.5. The highest BCUT2D eigenvalue weighted by molar-refractivity contribution is 5.69. The first-order valence-corrected chi connectivity index (χ1v) is 9.02. The maximum absolute atomic E-state index is 11.4. The van der Waals surface area contributed by atoms with Gasteiger partial charge in [-0.1, -0.05) is 39.5 Å². The monoisotopic (exact) mass is 350 g/mol. The van der Waals surface area contributed by atoms with Crippen LogP contribution in [0, 0.1) is 0 Å². The lowest BCUT2D eigenvalue weighted by Gasteiger charge is -2.06. The summed E-state index contributed by atoms with van der Waals surface area (Å²) in [5.74, 6) is -0.149. The van der Waals surface area contributed by atoms with Gasteiger partial charge < -0.3 is 21.8 Å². The van der Waals surface area contributed by atoms with Crippen molar-refractivity contribution in [3.63, 3.8) is 0 Å². The van der Waals surface area contributed by atoms with Crippen LogP contribution in [-0.4, -0.2) is 25.2 Å². The summed E-state index contributed by atoms with van der Waals surface area (Å²) in [4.78, 5) is 22.7. The molecule has 146 valence electrons. The minimum atomic E-state index is -0.0746. The Morgan fingerprint density at radius 3 is 1.29 bits per heavy atom. The molecular weight excluding hydrogens is 308 g/mol. The number of hydrogen-bond acceptors (Lipinski definition) is 4. The standard InChI is InChI=1S/C18H34O4.2H3N/c1-3-5-9-13-17(19)21-15-11-7-8-12-16-22-18(20)14-10-6-4-2;;/h3-16H2,1-2H3;2*1H3/p+2. The summed E-state index contributed by atoms with van der Waals surface area (Å²) in [5.41, 5.74) is 0. The fraction of sp³-hybridized carbons (Fsp3) is 0.889. The number of carbonyl (C=O) groups is 2. The Kier molecular flexibility index (Phi) is 25.2. The highest BCUT2D eigenvalue weighted by Gasteiger charge is 2.03. The maximum atomic E-state index is 11.4. The van der Waals surface area contributed by atoms with Gasteiger partial charge in [-0.25, -0.2) is 0 Å². The van der Waals surface area contributed by atoms with E-state index in [1.165, 1.54) is 0 Å². The van der Waals surface area contributed by atoms with E-state index in [9.17, 15) is 9.59 Å². The van der Waals surface area contributed by atoms with Gasteiger partial charge in [-0.2, -0.15) is 0 Å². The quantitative estimate of drug-likeness (QED) is 0.296. The van der Waals surface area contributed by atoms with Crippen molar-refractivity contribution in [2.45, 2.75) is 90.9 Å². The third kappa shape index (κ3) is 20.9. The Morgan fingerprint density at radius 2 is 0.958 bits per heavy atom. The average molecular weight is 351 g/mol. The van der Waals surface area contributed by atoms with Gasteiger partial charge >= 0.3 is 11.9 Å². The van der Waals surface area contributed by atoms with E-state index in [0.717, 1.165) is 64.2 Å². The molecule has 0 rings (SSSR count). The van der Waals surface area contributed by atoms with Crippen LogP contribution in [0.4, 0.5) is 0 Å². The lowest BCUT2D eigenvalue weighted by Crippen LogP contribution is -2.06. The fourth-order valence-corrected chi connectivity index (χ4v) is 2.11. The van der Waals surface area contributed by atoms with E-state index in [-0.39, 0.29) is 24.2 Å². The van der Waals surface area contributed by atoms with Gasteiger partial charge in [0, 0.05) is 12.8 Å². The molecule has 0 amide bonds. The third-order valence-electron chi connectivity index (χ3n) is 3.53. The Morgan fingerprint density at radius 1 is 0.583 bits per heavy atom. The van der Waals surface area contributed by atoms with Crippen molar-refractivity contribution >= 4 is 11.9 Å². The molecule has 0 aliphatic carbocycles. The first kappa shape index (κ1) is 27.7. The summed E-state index contributed by atoms with van der Waals surface area (Å²) in [7, 11) is 0. The minimum Gasteiger partial charge on any atom is -0.466 e. The van der Waals surface area contributed by atoms with E-state index >= 15 is 0 Å². The molecule has 0 aliphatic heterocycles. The number of esters is 2. The summed E-state index contributed by atoms with van der Waals surface area (Å²) in [6, 6.07) is 0. The highest BCUT2D eigenvalue weighted by Crippen LogP contribution is 2.05. The van der Waals surface area contributed by atoms with E-state index in [2.05, 4.69) is 13.8 Å². The molecular formula is C18H42N2O4+2. The van der Waals surface area contributed by atoms with E-state index in [1.807, 2.05) is 0 Å². The van der Waals surface area contributed by atoms with Gasteiger partial charge in [0.15, 0.2) is 0 Å². The van der Waals surface area contributed by atoms with Gasteiger partial charge in [0.05, 0.1) is 13.2 Å². The van der Waals surface area contributed by atoms with Crippen LogP contribution in [0.25, 0.3) is 0 Å². The second-order valence-corrected chi connectivity index (χ2v) is 5.77. The Hall–Kier alpha value is -1.14. The molecule has 0 aliphatic rings. The molecule has 24 heavy (non-hydrogen) atoms. The van der Waals surface area contributed by atoms with Crippen molar-refractivity contribution in [2.24, 2.45) is 0 Å². The number of rotatable bonds is 15. The topological polar surface area (TPSA) is 126 Å². The molecule has 6 heteroatoms. The lowest BCUT2D eigenvalue weighted by atomic mass is 10.2. The molecule has 0 aromatic rings. The molecule has 0 fully saturated rings. The normalized spacial score (nSPS) is 9.58. The SMILES string of the molecule is CCCCCC(=O)OCCCCCCOC(=O)CCCCC.[NH4+].[NH4+]. The molecule has 0 aromatic carbocycles. The van der Waals surface area contributed by atoms with Gasteiger partial charge in [-0.15, -0.1) is 0 Å². The molecule has 6 nitrogen and oxygen atoms in total. The van der Waals surface area contributed by atoms with E-state index in [1.54, 1.807) is 0 Å². The highest BCUT2D eigenvalue weighted by atomic mass is 16.5. The summed E-state index contributed by atoms with van der Waals surface area (Å²) in [6.07, 6.45) is 11.2. The van der Waals surface area contributed by atoms with Crippen LogP contribution in [-0.2, 0) is 19.1 Å². The van der Waals surface area contributed by atoms with Gasteiger partial charge in [0.1, 0.15) is 0 Å². The minimum absolute atomic E-state index is 0. The van der Waals surface area contributed by atoms with Crippen molar-refractivity contribution in [2.75, 3.05) is 13.2 Å². The third-order valence-corrected chi connectivity index (χ3v) is 3.53. The predicted molar refractivity (Wildman–Crippen MR) is 101 cm³/mol. The zero-order chi connectivity index (χ0) is 16.5. The van der Waals surface area contributed by atoms with Crippen LogP contribution >= 0.6 is 0 Å². The summed E-state index contributed by atoms with van der Waals surface area (Å²) < 4.78 is 10.3. The smallest absolute Gasteiger partial charge is 0.305 e. The average Bonchev–Trinajstić information content (AvgIpc) is 2.50. The van der Waals surface area contributed by atoms with Crippen LogP contribution in [0.1, 0.15) is 90.9 Å². The molecule has 0 unspecified atom stereocenters. The molecule has 0 spiro atoms. The van der Waals surface area contributed by atoms with Gasteiger partial charge in [-0.05, 0) is 38.5 Å². The molecule has 8 N–H and O–H groups in total. The lowest BCUT2D eigenvalue weighted by molar-refractivity contribution is -0.145. The number of carbonyl (C=O) groups excluding carboxylic acids is 2. The molecule has 0 saturated heterocycles. The van der Waals surface area contributed by atoms with Gasteiger partial charge in [0.25, 0.3) is 0 Å². The molecule has 0 radical (unpaired) electrons. The van der Waals surface area contributed by atoms with Gasteiger partial charge in [-0.3, -0.25) is 9.59 Å². The van der Waals surface area contributed by atoms with Crippen LogP contribution in [0.2, 0.25) is 0 Å². The van der Waals surface area contributed by atoms with Crippen molar-refractivity contribution < 1.29 is 19.1 Å². The predicted octanol–water partition coefficient (Wildman–Crippen LogP) is 5.55. The van der Waals surface area contributed by atoms with Crippen LogP contribution in [0.5, 0.6) is 0 Å². The molecule has 0 heterocycles. The van der Waals surface area contributed by atoms with E-state index < -0.39 is 0 Å². The fourth-order valence-electron chi connectivity index (χ4n) is 2.11. The zero-order valence-corrected chi connectivity index (χ0v) is 16.5. The van der Waals surface area contributed by atoms with Crippen LogP contribution in [0.3, 0.4) is 0 Å². The first-order chi connectivity index (χ1) is 10.7. The number of quaternary nitrogens is 2. The van der Waals surface area contributed by atoms with Crippen LogP contribution in [0.15, 0.2) is 0 Å². The van der Waals surface area contributed by atoms with E-state index in [0.29, 0.717) is 26.1 Å². The van der Waals surface area contributed by atoms with E-state index in [4.69, 9.17) is 9.47 Å². The molecule has 0 saturated carbocycles. The van der Waals surface area contributed by atoms with Gasteiger partial charge in [0.2, 0.25) is 0 Å². The van der Waals surface area contributed by atoms with Crippen molar-refractivity contribution in [3.8, 4) is 0 Å². The summed E-state index contributed by atoms with van der Waals surface area (Å²) >= 11 is 0. The first-order valence-electron chi connectivity index (χ1n) is 9.02. The molecule has 0 aromatic heterocycles. The van der Waals surface area contributed by atoms with Crippen molar-refractivity contribution in [1.29, 1.82) is 0 Å². The summed E-state index contributed by atoms with van der Waals surface area (Å²) in [6.45, 7) is 5.27. The number of unbranched alkanes of at least 4 members (excludes halogenated alkanes) is 7. The van der Waals surface area contributed by atoms with Crippen molar-refractivity contribution in [3.05, 3.63) is 0 Å². The summed E-state index contributed by atoms with van der Waals surface area (Å²) in [5, 5.41) is 0.